The molecule has 1 rings (SSSR count). The van der Waals surface area contributed by atoms with E-state index in [0.29, 0.717) is 5.56 Å². The van der Waals surface area contributed by atoms with Crippen molar-refractivity contribution in [3.05, 3.63) is 35.9 Å². The van der Waals surface area contributed by atoms with Gasteiger partial charge in [0, 0.05) is 13.0 Å². The molecule has 0 aliphatic rings. The summed E-state index contributed by atoms with van der Waals surface area (Å²) in [6.45, 7) is 1.36. The summed E-state index contributed by atoms with van der Waals surface area (Å²) in [5.74, 6) is 0. The number of aliphatic hydroxyl groups is 1. The van der Waals surface area contributed by atoms with Crippen molar-refractivity contribution in [1.29, 1.82) is 0 Å². The third-order valence-electron chi connectivity index (χ3n) is 1.96. The zero-order valence-electron chi connectivity index (χ0n) is 7.13. The van der Waals surface area contributed by atoms with Crippen LogP contribution in [0.25, 0.3) is 0 Å². The molecule has 0 saturated carbocycles. The van der Waals surface area contributed by atoms with Crippen molar-refractivity contribution in [3.8, 4) is 0 Å². The normalized spacial score (nSPS) is 15.6. The van der Waals surface area contributed by atoms with E-state index in [1.165, 1.54) is 6.92 Å². The molecule has 0 spiro atoms. The lowest BCUT2D eigenvalue weighted by molar-refractivity contribution is 0.133. The number of rotatable bonds is 3. The zero-order chi connectivity index (χ0) is 9.03. The Hall–Kier alpha value is -0.890. The smallest absolute Gasteiger partial charge is 0.135 e. The highest BCUT2D eigenvalue weighted by atomic mass is 19.1. The van der Waals surface area contributed by atoms with Gasteiger partial charge in [-0.2, -0.15) is 0 Å². The van der Waals surface area contributed by atoms with E-state index in [1.807, 2.05) is 6.07 Å². The van der Waals surface area contributed by atoms with E-state index in [4.69, 9.17) is 5.11 Å². The molecule has 0 saturated heterocycles. The zero-order valence-corrected chi connectivity index (χ0v) is 7.13. The predicted octanol–water partition coefficient (Wildman–Crippen LogP) is 2.25. The van der Waals surface area contributed by atoms with E-state index < -0.39 is 5.67 Å². The molecular weight excluding hydrogens is 155 g/mol. The summed E-state index contributed by atoms with van der Waals surface area (Å²) in [7, 11) is 0. The van der Waals surface area contributed by atoms with E-state index >= 15 is 0 Å². The van der Waals surface area contributed by atoms with Crippen LogP contribution >= 0.6 is 0 Å². The van der Waals surface area contributed by atoms with Crippen molar-refractivity contribution in [2.45, 2.75) is 19.0 Å². The Labute approximate surface area is 71.9 Å². The maximum Gasteiger partial charge on any atom is 0.135 e. The fourth-order valence-electron chi connectivity index (χ4n) is 1.14. The van der Waals surface area contributed by atoms with Gasteiger partial charge in [-0.3, -0.25) is 0 Å². The molecule has 1 atom stereocenters. The Kier molecular flexibility index (Phi) is 2.82. The second kappa shape index (κ2) is 3.68. The van der Waals surface area contributed by atoms with Crippen LogP contribution in [-0.4, -0.2) is 11.7 Å². The van der Waals surface area contributed by atoms with Gasteiger partial charge >= 0.3 is 0 Å². The molecule has 1 aromatic carbocycles. The first kappa shape index (κ1) is 9.20. The summed E-state index contributed by atoms with van der Waals surface area (Å²) in [5, 5.41) is 8.62. The van der Waals surface area contributed by atoms with Crippen molar-refractivity contribution >= 4 is 0 Å². The number of halogens is 1. The van der Waals surface area contributed by atoms with Crippen LogP contribution in [0.15, 0.2) is 30.3 Å². The summed E-state index contributed by atoms with van der Waals surface area (Å²) in [4.78, 5) is 0. The molecule has 0 radical (unpaired) electrons. The van der Waals surface area contributed by atoms with Crippen LogP contribution in [-0.2, 0) is 5.67 Å². The Morgan fingerprint density at radius 3 is 2.42 bits per heavy atom. The first-order valence-electron chi connectivity index (χ1n) is 4.02. The Morgan fingerprint density at radius 1 is 1.33 bits per heavy atom. The number of hydrogen-bond donors (Lipinski definition) is 1. The Bertz CT molecular complexity index is 231. The van der Waals surface area contributed by atoms with Crippen LogP contribution in [0.5, 0.6) is 0 Å². The minimum atomic E-state index is -1.41. The van der Waals surface area contributed by atoms with E-state index in [2.05, 4.69) is 0 Å². The fraction of sp³-hybridized carbons (Fsp3) is 0.400. The lowest BCUT2D eigenvalue weighted by atomic mass is 9.95. The van der Waals surface area contributed by atoms with Gasteiger partial charge in [0.1, 0.15) is 5.67 Å². The topological polar surface area (TPSA) is 20.2 Å². The lowest BCUT2D eigenvalue weighted by Gasteiger charge is -2.19. The number of hydrogen-bond acceptors (Lipinski definition) is 1. The van der Waals surface area contributed by atoms with Crippen molar-refractivity contribution < 1.29 is 9.50 Å². The highest BCUT2D eigenvalue weighted by Crippen LogP contribution is 2.28. The van der Waals surface area contributed by atoms with Gasteiger partial charge in [-0.1, -0.05) is 30.3 Å². The van der Waals surface area contributed by atoms with Crippen molar-refractivity contribution in [2.75, 3.05) is 6.61 Å². The SMILES string of the molecule is C[C@@](F)(CCO)c1ccccc1. The van der Waals surface area contributed by atoms with Crippen LogP contribution in [0, 0.1) is 0 Å². The lowest BCUT2D eigenvalue weighted by Crippen LogP contribution is -2.16. The second-order valence-electron chi connectivity index (χ2n) is 3.04. The van der Waals surface area contributed by atoms with Gasteiger partial charge in [0.05, 0.1) is 0 Å². The second-order valence-corrected chi connectivity index (χ2v) is 3.04. The van der Waals surface area contributed by atoms with E-state index in [0.717, 1.165) is 0 Å². The highest BCUT2D eigenvalue weighted by Gasteiger charge is 2.24. The molecular formula is C10H13FO. The standard InChI is InChI=1S/C10H13FO/c1-10(11,7-8-12)9-5-3-2-4-6-9/h2-6,12H,7-8H2,1H3/t10-/m1/s1. The molecule has 1 N–H and O–H groups in total. The van der Waals surface area contributed by atoms with Gasteiger partial charge in [-0.25, -0.2) is 4.39 Å². The molecule has 0 aliphatic heterocycles. The minimum absolute atomic E-state index is 0.123. The molecule has 66 valence electrons. The minimum Gasteiger partial charge on any atom is -0.396 e. The molecule has 0 aromatic heterocycles. The third-order valence-corrected chi connectivity index (χ3v) is 1.96. The molecule has 0 fully saturated rings. The van der Waals surface area contributed by atoms with Gasteiger partial charge in [-0.15, -0.1) is 0 Å². The van der Waals surface area contributed by atoms with Crippen molar-refractivity contribution in [1.82, 2.24) is 0 Å². The first-order chi connectivity index (χ1) is 5.67. The fourth-order valence-corrected chi connectivity index (χ4v) is 1.14. The maximum absolute atomic E-state index is 13.7. The van der Waals surface area contributed by atoms with Gasteiger partial charge in [-0.05, 0) is 12.5 Å². The van der Waals surface area contributed by atoms with Crippen LogP contribution < -0.4 is 0 Å². The van der Waals surface area contributed by atoms with Gasteiger partial charge in [0.2, 0.25) is 0 Å². The van der Waals surface area contributed by atoms with Crippen LogP contribution in [0.2, 0.25) is 0 Å². The molecule has 2 heteroatoms. The monoisotopic (exact) mass is 168 g/mol. The summed E-state index contributed by atoms with van der Waals surface area (Å²) >= 11 is 0. The van der Waals surface area contributed by atoms with Crippen LogP contribution in [0.4, 0.5) is 4.39 Å². The highest BCUT2D eigenvalue weighted by molar-refractivity contribution is 5.21. The number of benzene rings is 1. The largest absolute Gasteiger partial charge is 0.396 e. The Morgan fingerprint density at radius 2 is 1.92 bits per heavy atom. The first-order valence-corrected chi connectivity index (χ1v) is 4.02. The van der Waals surface area contributed by atoms with Gasteiger partial charge in [0.25, 0.3) is 0 Å². The van der Waals surface area contributed by atoms with Gasteiger partial charge < -0.3 is 5.11 Å². The van der Waals surface area contributed by atoms with Crippen molar-refractivity contribution in [3.63, 3.8) is 0 Å². The van der Waals surface area contributed by atoms with E-state index in [9.17, 15) is 4.39 Å². The summed E-state index contributed by atoms with van der Waals surface area (Å²) in [6, 6.07) is 8.90. The average molecular weight is 168 g/mol. The van der Waals surface area contributed by atoms with E-state index in [1.54, 1.807) is 24.3 Å². The van der Waals surface area contributed by atoms with Crippen LogP contribution in [0.3, 0.4) is 0 Å². The van der Waals surface area contributed by atoms with Gasteiger partial charge in [0.15, 0.2) is 0 Å². The average Bonchev–Trinajstić information content (AvgIpc) is 2.06. The molecule has 0 aliphatic carbocycles. The molecule has 0 unspecified atom stereocenters. The molecule has 0 bridgehead atoms. The molecule has 0 amide bonds. The predicted molar refractivity (Wildman–Crippen MR) is 46.6 cm³/mol. The summed E-state index contributed by atoms with van der Waals surface area (Å²) < 4.78 is 13.7. The van der Waals surface area contributed by atoms with E-state index in [-0.39, 0.29) is 13.0 Å². The molecule has 1 aromatic rings. The molecule has 0 heterocycles. The third kappa shape index (κ3) is 2.05. The molecule has 1 nitrogen and oxygen atoms in total. The maximum atomic E-state index is 13.7. The molecule has 12 heavy (non-hydrogen) atoms. The number of aliphatic hydroxyl groups excluding tert-OH is 1. The summed E-state index contributed by atoms with van der Waals surface area (Å²) in [6.07, 6.45) is 0.150. The number of alkyl halides is 1. The van der Waals surface area contributed by atoms with Crippen LogP contribution in [0.1, 0.15) is 18.9 Å². The van der Waals surface area contributed by atoms with Crippen molar-refractivity contribution in [2.24, 2.45) is 0 Å². The summed E-state index contributed by atoms with van der Waals surface area (Å²) in [5.41, 5.74) is -0.783. The Balaban J connectivity index is 2.82. The quantitative estimate of drug-likeness (QED) is 0.734.